The van der Waals surface area contributed by atoms with Gasteiger partial charge in [-0.2, -0.15) is 0 Å². The van der Waals surface area contributed by atoms with Gasteiger partial charge in [-0.05, 0) is 23.6 Å². The number of ether oxygens (including phenoxy) is 1. The van der Waals surface area contributed by atoms with Gasteiger partial charge in [0.2, 0.25) is 5.91 Å². The lowest BCUT2D eigenvalue weighted by Crippen LogP contribution is -2.36. The van der Waals surface area contributed by atoms with Gasteiger partial charge < -0.3 is 20.1 Å². The van der Waals surface area contributed by atoms with Gasteiger partial charge in [-0.25, -0.2) is 0 Å². The first kappa shape index (κ1) is 16.8. The zero-order valence-electron chi connectivity index (χ0n) is 13.4. The highest BCUT2D eigenvalue weighted by Crippen LogP contribution is 2.20. The smallest absolute Gasteiger partial charge is 0.220 e. The summed E-state index contributed by atoms with van der Waals surface area (Å²) in [7, 11) is 0. The largest absolute Gasteiger partial charge is 0.387 e. The Morgan fingerprint density at radius 3 is 2.50 bits per heavy atom. The molecular weight excluding hydrogens is 280 g/mol. The Morgan fingerprint density at radius 2 is 1.91 bits per heavy atom. The van der Waals surface area contributed by atoms with Crippen molar-refractivity contribution in [3.8, 4) is 0 Å². The zero-order valence-corrected chi connectivity index (χ0v) is 13.4. The highest BCUT2D eigenvalue weighted by atomic mass is 16.5. The molecule has 1 aliphatic heterocycles. The van der Waals surface area contributed by atoms with Crippen LogP contribution in [0.4, 0.5) is 5.69 Å². The number of nitrogens with zero attached hydrogens (tertiary/aromatic N) is 1. The number of morpholine rings is 1. The third-order valence-corrected chi connectivity index (χ3v) is 3.74. The Kier molecular flexibility index (Phi) is 6.21. The van der Waals surface area contributed by atoms with E-state index in [1.807, 2.05) is 38.1 Å². The molecule has 122 valence electrons. The highest BCUT2D eigenvalue weighted by molar-refractivity contribution is 5.76. The first-order chi connectivity index (χ1) is 10.6. The van der Waals surface area contributed by atoms with Crippen LogP contribution in [0.15, 0.2) is 24.3 Å². The van der Waals surface area contributed by atoms with E-state index >= 15 is 0 Å². The van der Waals surface area contributed by atoms with Crippen LogP contribution in [0.1, 0.15) is 31.9 Å². The van der Waals surface area contributed by atoms with Crippen LogP contribution in [-0.4, -0.2) is 43.9 Å². The van der Waals surface area contributed by atoms with Gasteiger partial charge in [0.25, 0.3) is 0 Å². The second-order valence-corrected chi connectivity index (χ2v) is 6.11. The zero-order chi connectivity index (χ0) is 15.9. The summed E-state index contributed by atoms with van der Waals surface area (Å²) in [6.07, 6.45) is -0.183. The van der Waals surface area contributed by atoms with Crippen molar-refractivity contribution in [2.45, 2.75) is 26.4 Å². The molecule has 1 fully saturated rings. The Morgan fingerprint density at radius 1 is 1.27 bits per heavy atom. The summed E-state index contributed by atoms with van der Waals surface area (Å²) in [6.45, 7) is 7.56. The van der Waals surface area contributed by atoms with E-state index < -0.39 is 6.10 Å². The fraction of sp³-hybridized carbons (Fsp3) is 0.588. The van der Waals surface area contributed by atoms with E-state index in [1.54, 1.807) is 0 Å². The molecule has 1 aromatic rings. The summed E-state index contributed by atoms with van der Waals surface area (Å²) in [4.78, 5) is 13.9. The number of aliphatic hydroxyl groups excluding tert-OH is 1. The molecule has 0 bridgehead atoms. The summed E-state index contributed by atoms with van der Waals surface area (Å²) < 4.78 is 5.34. The average molecular weight is 306 g/mol. The van der Waals surface area contributed by atoms with Crippen molar-refractivity contribution in [3.63, 3.8) is 0 Å². The minimum atomic E-state index is -0.671. The van der Waals surface area contributed by atoms with Gasteiger partial charge in [0.15, 0.2) is 0 Å². The Hall–Kier alpha value is -1.59. The number of carbonyl (C=O) groups is 1. The fourth-order valence-corrected chi connectivity index (χ4v) is 2.50. The molecule has 1 aliphatic rings. The lowest BCUT2D eigenvalue weighted by Gasteiger charge is -2.29. The van der Waals surface area contributed by atoms with Gasteiger partial charge in [0.1, 0.15) is 0 Å². The van der Waals surface area contributed by atoms with Crippen LogP contribution >= 0.6 is 0 Å². The topological polar surface area (TPSA) is 61.8 Å². The second kappa shape index (κ2) is 8.15. The standard InChI is InChI=1S/C17H26N2O3/c1-13(2)11-17(21)18-12-16(20)14-3-5-15(6-4-14)19-7-9-22-10-8-19/h3-6,13,16,20H,7-12H2,1-2H3,(H,18,21). The molecule has 1 heterocycles. The summed E-state index contributed by atoms with van der Waals surface area (Å²) >= 11 is 0. The van der Waals surface area contributed by atoms with Crippen molar-refractivity contribution < 1.29 is 14.6 Å². The third kappa shape index (κ3) is 5.00. The number of benzene rings is 1. The van der Waals surface area contributed by atoms with E-state index in [0.717, 1.165) is 37.6 Å². The van der Waals surface area contributed by atoms with Crippen LogP contribution in [0.3, 0.4) is 0 Å². The van der Waals surface area contributed by atoms with E-state index in [9.17, 15) is 9.90 Å². The molecule has 1 saturated heterocycles. The van der Waals surface area contributed by atoms with E-state index in [1.165, 1.54) is 0 Å². The first-order valence-corrected chi connectivity index (χ1v) is 7.93. The molecule has 0 spiro atoms. The molecular formula is C17H26N2O3. The number of anilines is 1. The van der Waals surface area contributed by atoms with Crippen molar-refractivity contribution in [3.05, 3.63) is 29.8 Å². The highest BCUT2D eigenvalue weighted by Gasteiger charge is 2.13. The molecule has 2 rings (SSSR count). The maximum absolute atomic E-state index is 11.6. The Labute approximate surface area is 132 Å². The maximum atomic E-state index is 11.6. The van der Waals surface area contributed by atoms with Crippen LogP contribution in [0.5, 0.6) is 0 Å². The second-order valence-electron chi connectivity index (χ2n) is 6.11. The Bertz CT molecular complexity index is 467. The number of nitrogens with one attached hydrogen (secondary N) is 1. The molecule has 22 heavy (non-hydrogen) atoms. The summed E-state index contributed by atoms with van der Waals surface area (Å²) in [5.41, 5.74) is 1.96. The number of carbonyl (C=O) groups excluding carboxylic acids is 1. The van der Waals surface area contributed by atoms with Crippen molar-refractivity contribution in [2.75, 3.05) is 37.7 Å². The summed E-state index contributed by atoms with van der Waals surface area (Å²) in [6, 6.07) is 7.87. The number of aliphatic hydroxyl groups is 1. The monoisotopic (exact) mass is 306 g/mol. The molecule has 0 radical (unpaired) electrons. The number of hydrogen-bond donors (Lipinski definition) is 2. The fourth-order valence-electron chi connectivity index (χ4n) is 2.50. The van der Waals surface area contributed by atoms with Crippen LogP contribution in [-0.2, 0) is 9.53 Å². The molecule has 2 N–H and O–H groups in total. The predicted molar refractivity (Wildman–Crippen MR) is 86.9 cm³/mol. The van der Waals surface area contributed by atoms with Crippen molar-refractivity contribution in [1.29, 1.82) is 0 Å². The molecule has 1 aromatic carbocycles. The van der Waals surface area contributed by atoms with Gasteiger partial charge in [-0.3, -0.25) is 4.79 Å². The van der Waals surface area contributed by atoms with Crippen LogP contribution in [0.2, 0.25) is 0 Å². The van der Waals surface area contributed by atoms with Crippen LogP contribution in [0.25, 0.3) is 0 Å². The van der Waals surface area contributed by atoms with E-state index in [0.29, 0.717) is 12.3 Å². The normalized spacial score (nSPS) is 16.6. The molecule has 0 aliphatic carbocycles. The van der Waals surface area contributed by atoms with E-state index in [4.69, 9.17) is 4.74 Å². The Balaban J connectivity index is 1.85. The molecule has 0 saturated carbocycles. The van der Waals surface area contributed by atoms with Gasteiger partial charge in [-0.1, -0.05) is 26.0 Å². The maximum Gasteiger partial charge on any atom is 0.220 e. The van der Waals surface area contributed by atoms with Gasteiger partial charge in [0.05, 0.1) is 19.3 Å². The lowest BCUT2D eigenvalue weighted by molar-refractivity contribution is -0.122. The minimum Gasteiger partial charge on any atom is -0.387 e. The summed E-state index contributed by atoms with van der Waals surface area (Å²) in [5.74, 6) is 0.309. The average Bonchev–Trinajstić information content (AvgIpc) is 2.53. The predicted octanol–water partition coefficient (Wildman–Crippen LogP) is 1.72. The lowest BCUT2D eigenvalue weighted by atomic mass is 10.1. The molecule has 0 aromatic heterocycles. The van der Waals surface area contributed by atoms with E-state index in [-0.39, 0.29) is 12.5 Å². The SMILES string of the molecule is CC(C)CC(=O)NCC(O)c1ccc(N2CCOCC2)cc1. The quantitative estimate of drug-likeness (QED) is 0.840. The molecule has 5 nitrogen and oxygen atoms in total. The molecule has 1 unspecified atom stereocenters. The first-order valence-electron chi connectivity index (χ1n) is 7.93. The van der Waals surface area contributed by atoms with Crippen molar-refractivity contribution >= 4 is 11.6 Å². The van der Waals surface area contributed by atoms with Gasteiger partial charge in [-0.15, -0.1) is 0 Å². The van der Waals surface area contributed by atoms with Crippen LogP contribution in [0, 0.1) is 5.92 Å². The molecule has 1 atom stereocenters. The molecule has 1 amide bonds. The minimum absolute atomic E-state index is 0.0148. The van der Waals surface area contributed by atoms with Crippen molar-refractivity contribution in [1.82, 2.24) is 5.32 Å². The summed E-state index contributed by atoms with van der Waals surface area (Å²) in [5, 5.41) is 12.9. The molecule has 5 heteroatoms. The third-order valence-electron chi connectivity index (χ3n) is 3.74. The number of amides is 1. The number of hydrogen-bond acceptors (Lipinski definition) is 4. The van der Waals surface area contributed by atoms with Gasteiger partial charge in [0, 0.05) is 31.7 Å². The van der Waals surface area contributed by atoms with E-state index in [2.05, 4.69) is 10.2 Å². The van der Waals surface area contributed by atoms with Gasteiger partial charge >= 0.3 is 0 Å². The van der Waals surface area contributed by atoms with Crippen LogP contribution < -0.4 is 10.2 Å². The number of rotatable bonds is 6. The van der Waals surface area contributed by atoms with Crippen molar-refractivity contribution in [2.24, 2.45) is 5.92 Å².